The number of aromatic amines is 1. The molecule has 3 rings (SSSR count). The van der Waals surface area contributed by atoms with E-state index in [-0.39, 0.29) is 5.56 Å². The first-order valence-electron chi connectivity index (χ1n) is 6.73. The quantitative estimate of drug-likeness (QED) is 0.763. The van der Waals surface area contributed by atoms with Crippen molar-refractivity contribution in [2.45, 2.75) is 6.92 Å². The van der Waals surface area contributed by atoms with Crippen LogP contribution in [0.1, 0.15) is 17.3 Å². The lowest BCUT2D eigenvalue weighted by molar-refractivity contribution is 0.0699. The number of hydrogen-bond acceptors (Lipinski definition) is 3. The average molecular weight is 317 g/mol. The maximum absolute atomic E-state index is 11.4. The molecule has 2 aromatic carbocycles. The summed E-state index contributed by atoms with van der Waals surface area (Å²) < 4.78 is 5.40. The lowest BCUT2D eigenvalue weighted by atomic mass is 10.0. The van der Waals surface area contributed by atoms with E-state index in [4.69, 9.17) is 16.3 Å². The maximum atomic E-state index is 11.4. The standard InChI is InChI=1S/C16H13ClN2O3/c1-2-22-10-3-4-11(13(17)7-10)9-5-12(16(20)21)15-14(6-9)18-8-19-15/h3-8H,2H2,1H3,(H,18,19)(H,20,21). The third-order valence-corrected chi connectivity index (χ3v) is 3.63. The predicted octanol–water partition coefficient (Wildman–Crippen LogP) is 3.98. The van der Waals surface area contributed by atoms with Gasteiger partial charge in [0.15, 0.2) is 0 Å². The molecule has 6 heteroatoms. The summed E-state index contributed by atoms with van der Waals surface area (Å²) in [6.45, 7) is 2.45. The van der Waals surface area contributed by atoms with Gasteiger partial charge in [-0.3, -0.25) is 0 Å². The Morgan fingerprint density at radius 1 is 1.36 bits per heavy atom. The smallest absolute Gasteiger partial charge is 0.337 e. The Balaban J connectivity index is 2.15. The summed E-state index contributed by atoms with van der Waals surface area (Å²) in [5.41, 5.74) is 2.67. The Bertz CT molecular complexity index is 858. The molecular weight excluding hydrogens is 304 g/mol. The number of fused-ring (bicyclic) bond motifs is 1. The lowest BCUT2D eigenvalue weighted by Crippen LogP contribution is -1.98. The van der Waals surface area contributed by atoms with Crippen molar-refractivity contribution in [3.05, 3.63) is 47.2 Å². The first kappa shape index (κ1) is 14.4. The molecule has 22 heavy (non-hydrogen) atoms. The predicted molar refractivity (Wildman–Crippen MR) is 84.7 cm³/mol. The zero-order chi connectivity index (χ0) is 15.7. The molecule has 0 radical (unpaired) electrons. The minimum absolute atomic E-state index is 0.138. The number of imidazole rings is 1. The van der Waals surface area contributed by atoms with Gasteiger partial charge in [-0.15, -0.1) is 0 Å². The van der Waals surface area contributed by atoms with Crippen LogP contribution in [0.4, 0.5) is 0 Å². The second kappa shape index (κ2) is 5.69. The lowest BCUT2D eigenvalue weighted by Gasteiger charge is -2.09. The molecule has 5 nitrogen and oxygen atoms in total. The van der Waals surface area contributed by atoms with Gasteiger partial charge in [-0.25, -0.2) is 9.78 Å². The van der Waals surface area contributed by atoms with Crippen molar-refractivity contribution >= 4 is 28.6 Å². The zero-order valence-electron chi connectivity index (χ0n) is 11.8. The Morgan fingerprint density at radius 2 is 2.18 bits per heavy atom. The molecule has 0 bridgehead atoms. The molecule has 1 aromatic heterocycles. The van der Waals surface area contributed by atoms with Crippen molar-refractivity contribution < 1.29 is 14.6 Å². The minimum atomic E-state index is -1.03. The van der Waals surface area contributed by atoms with E-state index < -0.39 is 5.97 Å². The highest BCUT2D eigenvalue weighted by Gasteiger charge is 2.15. The molecule has 0 aliphatic heterocycles. The number of carboxylic acids is 1. The van der Waals surface area contributed by atoms with Gasteiger partial charge >= 0.3 is 5.97 Å². The molecule has 0 saturated heterocycles. The van der Waals surface area contributed by atoms with Crippen molar-refractivity contribution in [3.8, 4) is 16.9 Å². The van der Waals surface area contributed by atoms with Crippen LogP contribution in [0.3, 0.4) is 0 Å². The van der Waals surface area contributed by atoms with Crippen LogP contribution in [-0.2, 0) is 0 Å². The summed E-state index contributed by atoms with van der Waals surface area (Å²) in [6, 6.07) is 8.75. The van der Waals surface area contributed by atoms with Crippen LogP contribution >= 0.6 is 11.6 Å². The van der Waals surface area contributed by atoms with Crippen molar-refractivity contribution in [1.29, 1.82) is 0 Å². The van der Waals surface area contributed by atoms with Gasteiger partial charge in [0.05, 0.1) is 29.0 Å². The Hall–Kier alpha value is -2.53. The highest BCUT2D eigenvalue weighted by molar-refractivity contribution is 6.33. The Kier molecular flexibility index (Phi) is 3.73. The van der Waals surface area contributed by atoms with Gasteiger partial charge in [0.1, 0.15) is 11.3 Å². The number of aromatic nitrogens is 2. The molecule has 112 valence electrons. The maximum Gasteiger partial charge on any atom is 0.337 e. The van der Waals surface area contributed by atoms with E-state index in [2.05, 4.69) is 9.97 Å². The molecule has 0 atom stereocenters. The molecule has 0 unspecified atom stereocenters. The van der Waals surface area contributed by atoms with Gasteiger partial charge in [0.25, 0.3) is 0 Å². The van der Waals surface area contributed by atoms with Gasteiger partial charge in [0.2, 0.25) is 0 Å². The number of nitrogens with one attached hydrogen (secondary N) is 1. The summed E-state index contributed by atoms with van der Waals surface area (Å²) in [7, 11) is 0. The van der Waals surface area contributed by atoms with E-state index >= 15 is 0 Å². The molecule has 3 aromatic rings. The van der Waals surface area contributed by atoms with E-state index in [1.54, 1.807) is 12.1 Å². The highest BCUT2D eigenvalue weighted by atomic mass is 35.5. The molecule has 0 amide bonds. The number of aromatic carboxylic acids is 1. The van der Waals surface area contributed by atoms with Crippen LogP contribution in [0.2, 0.25) is 5.02 Å². The number of nitrogens with zero attached hydrogens (tertiary/aromatic N) is 1. The van der Waals surface area contributed by atoms with Gasteiger partial charge < -0.3 is 14.8 Å². The van der Waals surface area contributed by atoms with Gasteiger partial charge in [0, 0.05) is 5.56 Å². The van der Waals surface area contributed by atoms with Crippen LogP contribution in [0, 0.1) is 0 Å². The fourth-order valence-corrected chi connectivity index (χ4v) is 2.63. The van der Waals surface area contributed by atoms with Crippen molar-refractivity contribution in [1.82, 2.24) is 9.97 Å². The van der Waals surface area contributed by atoms with E-state index in [0.717, 1.165) is 5.56 Å². The normalized spacial score (nSPS) is 10.8. The third kappa shape index (κ3) is 2.51. The number of benzene rings is 2. The molecule has 0 aliphatic rings. The van der Waals surface area contributed by atoms with E-state index in [1.807, 2.05) is 25.1 Å². The van der Waals surface area contributed by atoms with Gasteiger partial charge in [-0.05, 0) is 42.8 Å². The number of hydrogen-bond donors (Lipinski definition) is 2. The van der Waals surface area contributed by atoms with E-state index in [1.165, 1.54) is 6.33 Å². The molecule has 0 fully saturated rings. The number of ether oxygens (including phenoxy) is 1. The summed E-state index contributed by atoms with van der Waals surface area (Å²) >= 11 is 6.30. The summed E-state index contributed by atoms with van der Waals surface area (Å²) in [6.07, 6.45) is 1.47. The van der Waals surface area contributed by atoms with Crippen LogP contribution in [-0.4, -0.2) is 27.7 Å². The van der Waals surface area contributed by atoms with Gasteiger partial charge in [-0.1, -0.05) is 11.6 Å². The number of H-pyrrole nitrogens is 1. The monoisotopic (exact) mass is 316 g/mol. The molecule has 2 N–H and O–H groups in total. The van der Waals surface area contributed by atoms with E-state index in [0.29, 0.717) is 34.0 Å². The fourth-order valence-electron chi connectivity index (χ4n) is 2.35. The minimum Gasteiger partial charge on any atom is -0.494 e. The summed E-state index contributed by atoms with van der Waals surface area (Å²) in [4.78, 5) is 18.4. The average Bonchev–Trinajstić information content (AvgIpc) is 2.94. The number of halogens is 1. The Morgan fingerprint density at radius 3 is 2.86 bits per heavy atom. The van der Waals surface area contributed by atoms with Crippen molar-refractivity contribution in [2.24, 2.45) is 0 Å². The van der Waals surface area contributed by atoms with Crippen LogP contribution in [0.15, 0.2) is 36.7 Å². The zero-order valence-corrected chi connectivity index (χ0v) is 12.5. The molecule has 0 spiro atoms. The fraction of sp³-hybridized carbons (Fsp3) is 0.125. The largest absolute Gasteiger partial charge is 0.494 e. The molecule has 1 heterocycles. The number of rotatable bonds is 4. The number of carbonyl (C=O) groups is 1. The molecule has 0 aliphatic carbocycles. The van der Waals surface area contributed by atoms with Crippen LogP contribution < -0.4 is 4.74 Å². The van der Waals surface area contributed by atoms with Crippen LogP contribution in [0.5, 0.6) is 5.75 Å². The molecular formula is C16H13ClN2O3. The van der Waals surface area contributed by atoms with Crippen LogP contribution in [0.25, 0.3) is 22.2 Å². The topological polar surface area (TPSA) is 75.2 Å². The SMILES string of the molecule is CCOc1ccc(-c2cc(C(=O)O)c3nc[nH]c3c2)c(Cl)c1. The van der Waals surface area contributed by atoms with Gasteiger partial charge in [-0.2, -0.15) is 0 Å². The van der Waals surface area contributed by atoms with Crippen molar-refractivity contribution in [2.75, 3.05) is 6.61 Å². The third-order valence-electron chi connectivity index (χ3n) is 3.32. The van der Waals surface area contributed by atoms with Crippen molar-refractivity contribution in [3.63, 3.8) is 0 Å². The Labute approximate surface area is 131 Å². The first-order chi connectivity index (χ1) is 10.6. The highest BCUT2D eigenvalue weighted by Crippen LogP contribution is 2.33. The molecule has 0 saturated carbocycles. The number of carboxylic acid groups (broad SMARTS) is 1. The first-order valence-corrected chi connectivity index (χ1v) is 7.11. The van der Waals surface area contributed by atoms with E-state index in [9.17, 15) is 9.90 Å². The second-order valence-electron chi connectivity index (χ2n) is 4.70. The second-order valence-corrected chi connectivity index (χ2v) is 5.11. The summed E-state index contributed by atoms with van der Waals surface area (Å²) in [5, 5.41) is 9.85. The summed E-state index contributed by atoms with van der Waals surface area (Å²) in [5.74, 6) is -0.349.